The first-order chi connectivity index (χ1) is 12.2. The highest BCUT2D eigenvalue weighted by molar-refractivity contribution is 5.91. The highest BCUT2D eigenvalue weighted by Gasteiger charge is 2.12. The Morgan fingerprint density at radius 3 is 2.56 bits per heavy atom. The fraction of sp³-hybridized carbons (Fsp3) is 0.571. The summed E-state index contributed by atoms with van der Waals surface area (Å²) < 4.78 is 11.2. The van der Waals surface area contributed by atoms with Crippen LogP contribution in [0.5, 0.6) is 11.5 Å². The van der Waals surface area contributed by atoms with Crippen molar-refractivity contribution in [1.29, 1.82) is 0 Å². The van der Waals surface area contributed by atoms with Crippen LogP contribution >= 0.6 is 0 Å². The van der Waals surface area contributed by atoms with Crippen LogP contribution in [0, 0.1) is 0 Å². The summed E-state index contributed by atoms with van der Waals surface area (Å²) in [5.41, 5.74) is 0.945. The molecule has 0 atom stereocenters. The number of carbonyl (C=O) groups is 1. The number of nitrogens with zero attached hydrogens (tertiary/aromatic N) is 1. The fourth-order valence-electron chi connectivity index (χ4n) is 3.01. The predicted molar refractivity (Wildman–Crippen MR) is 102 cm³/mol. The van der Waals surface area contributed by atoms with Gasteiger partial charge >= 0.3 is 0 Å². The zero-order valence-corrected chi connectivity index (χ0v) is 15.6. The van der Waals surface area contributed by atoms with E-state index in [0.29, 0.717) is 12.4 Å². The van der Waals surface area contributed by atoms with Crippen LogP contribution in [0.25, 0.3) is 6.08 Å². The molecule has 1 aliphatic heterocycles. The number of ether oxygens (including phenoxy) is 2. The van der Waals surface area contributed by atoms with Gasteiger partial charge in [0, 0.05) is 19.2 Å². The number of likely N-dealkylation sites (tertiary alicyclic amines) is 1. The summed E-state index contributed by atoms with van der Waals surface area (Å²) in [6.07, 6.45) is 11.6. The van der Waals surface area contributed by atoms with Gasteiger partial charge < -0.3 is 14.4 Å². The summed E-state index contributed by atoms with van der Waals surface area (Å²) in [6, 6.07) is 5.80. The van der Waals surface area contributed by atoms with Crippen LogP contribution in [0.4, 0.5) is 0 Å². The molecule has 25 heavy (non-hydrogen) atoms. The zero-order chi connectivity index (χ0) is 17.9. The van der Waals surface area contributed by atoms with E-state index in [1.807, 2.05) is 29.2 Å². The normalized spacial score (nSPS) is 15.2. The monoisotopic (exact) mass is 345 g/mol. The molecule has 1 fully saturated rings. The van der Waals surface area contributed by atoms with Crippen molar-refractivity contribution < 1.29 is 14.3 Å². The van der Waals surface area contributed by atoms with E-state index in [4.69, 9.17) is 9.47 Å². The van der Waals surface area contributed by atoms with E-state index in [1.165, 1.54) is 25.7 Å². The molecule has 1 heterocycles. The lowest BCUT2D eigenvalue weighted by Crippen LogP contribution is -2.30. The minimum absolute atomic E-state index is 0.0979. The van der Waals surface area contributed by atoms with Crippen LogP contribution in [-0.2, 0) is 4.79 Å². The van der Waals surface area contributed by atoms with E-state index in [1.54, 1.807) is 13.2 Å². The fourth-order valence-corrected chi connectivity index (χ4v) is 3.01. The lowest BCUT2D eigenvalue weighted by Gasteiger charge is -2.18. The standard InChI is InChI=1S/C21H31NO3/c1-3-4-9-16-25-19-12-10-18(17-20(19)24-2)11-13-21(23)22-14-7-5-6-8-15-22/h10-13,17H,3-9,14-16H2,1-2H3/b13-11+. The summed E-state index contributed by atoms with van der Waals surface area (Å²) in [5.74, 6) is 1.57. The summed E-state index contributed by atoms with van der Waals surface area (Å²) in [4.78, 5) is 14.3. The maximum atomic E-state index is 12.3. The molecule has 2 rings (SSSR count). The van der Waals surface area contributed by atoms with Gasteiger partial charge in [0.05, 0.1) is 13.7 Å². The maximum absolute atomic E-state index is 12.3. The Hall–Kier alpha value is -1.97. The Morgan fingerprint density at radius 2 is 1.88 bits per heavy atom. The first kappa shape index (κ1) is 19.4. The van der Waals surface area contributed by atoms with Gasteiger partial charge in [-0.05, 0) is 43.0 Å². The molecule has 1 amide bonds. The molecule has 0 spiro atoms. The van der Waals surface area contributed by atoms with Crippen molar-refractivity contribution in [2.75, 3.05) is 26.8 Å². The molecular weight excluding hydrogens is 314 g/mol. The number of rotatable bonds is 8. The molecule has 1 aliphatic rings. The van der Waals surface area contributed by atoms with E-state index in [9.17, 15) is 4.79 Å². The van der Waals surface area contributed by atoms with Crippen LogP contribution in [0.3, 0.4) is 0 Å². The second-order valence-corrected chi connectivity index (χ2v) is 6.54. The third-order valence-corrected chi connectivity index (χ3v) is 4.53. The van der Waals surface area contributed by atoms with E-state index in [-0.39, 0.29) is 5.91 Å². The lowest BCUT2D eigenvalue weighted by atomic mass is 10.2. The maximum Gasteiger partial charge on any atom is 0.246 e. The van der Waals surface area contributed by atoms with Gasteiger partial charge in [-0.3, -0.25) is 4.79 Å². The van der Waals surface area contributed by atoms with Crippen LogP contribution in [0.15, 0.2) is 24.3 Å². The average Bonchev–Trinajstić information content (AvgIpc) is 2.93. The molecule has 1 aromatic rings. The lowest BCUT2D eigenvalue weighted by molar-refractivity contribution is -0.125. The molecule has 0 saturated carbocycles. The zero-order valence-electron chi connectivity index (χ0n) is 15.6. The molecular formula is C21H31NO3. The summed E-state index contributed by atoms with van der Waals surface area (Å²) >= 11 is 0. The van der Waals surface area contributed by atoms with Gasteiger partial charge in [-0.2, -0.15) is 0 Å². The Kier molecular flexibility index (Phi) is 8.36. The Labute approximate surface area is 151 Å². The second kappa shape index (κ2) is 10.8. The molecule has 0 unspecified atom stereocenters. The first-order valence-corrected chi connectivity index (χ1v) is 9.52. The van der Waals surface area contributed by atoms with E-state index in [0.717, 1.165) is 43.7 Å². The van der Waals surface area contributed by atoms with Crippen molar-refractivity contribution in [3.8, 4) is 11.5 Å². The van der Waals surface area contributed by atoms with Crippen LogP contribution < -0.4 is 9.47 Å². The van der Waals surface area contributed by atoms with Crippen molar-refractivity contribution in [2.24, 2.45) is 0 Å². The molecule has 0 radical (unpaired) electrons. The number of hydrogen-bond donors (Lipinski definition) is 0. The minimum Gasteiger partial charge on any atom is -0.493 e. The molecule has 4 nitrogen and oxygen atoms in total. The number of benzene rings is 1. The number of amides is 1. The number of methoxy groups -OCH3 is 1. The summed E-state index contributed by atoms with van der Waals surface area (Å²) in [5, 5.41) is 0. The minimum atomic E-state index is 0.0979. The summed E-state index contributed by atoms with van der Waals surface area (Å²) in [7, 11) is 1.64. The van der Waals surface area contributed by atoms with E-state index < -0.39 is 0 Å². The predicted octanol–water partition coefficient (Wildman–Crippen LogP) is 4.68. The second-order valence-electron chi connectivity index (χ2n) is 6.54. The van der Waals surface area contributed by atoms with Crippen molar-refractivity contribution in [1.82, 2.24) is 4.90 Å². The van der Waals surface area contributed by atoms with Gasteiger partial charge in [0.1, 0.15) is 0 Å². The molecule has 0 bridgehead atoms. The highest BCUT2D eigenvalue weighted by Crippen LogP contribution is 2.28. The smallest absolute Gasteiger partial charge is 0.246 e. The Morgan fingerprint density at radius 1 is 1.12 bits per heavy atom. The number of hydrogen-bond acceptors (Lipinski definition) is 3. The third kappa shape index (κ3) is 6.45. The van der Waals surface area contributed by atoms with Crippen LogP contribution in [0.2, 0.25) is 0 Å². The van der Waals surface area contributed by atoms with Crippen molar-refractivity contribution in [3.05, 3.63) is 29.8 Å². The van der Waals surface area contributed by atoms with Crippen LogP contribution in [-0.4, -0.2) is 37.6 Å². The van der Waals surface area contributed by atoms with Gasteiger partial charge in [-0.15, -0.1) is 0 Å². The molecule has 4 heteroatoms. The van der Waals surface area contributed by atoms with Crippen LogP contribution in [0.1, 0.15) is 57.4 Å². The largest absolute Gasteiger partial charge is 0.493 e. The van der Waals surface area contributed by atoms with Crippen molar-refractivity contribution in [2.45, 2.75) is 51.9 Å². The number of unbranched alkanes of at least 4 members (excludes halogenated alkanes) is 2. The summed E-state index contributed by atoms with van der Waals surface area (Å²) in [6.45, 7) is 4.62. The molecule has 138 valence electrons. The molecule has 0 aliphatic carbocycles. The first-order valence-electron chi connectivity index (χ1n) is 9.52. The van der Waals surface area contributed by atoms with Gasteiger partial charge in [0.2, 0.25) is 5.91 Å². The third-order valence-electron chi connectivity index (χ3n) is 4.53. The Bertz CT molecular complexity index is 560. The van der Waals surface area contributed by atoms with Gasteiger partial charge in [-0.1, -0.05) is 38.7 Å². The van der Waals surface area contributed by atoms with E-state index in [2.05, 4.69) is 6.92 Å². The van der Waals surface area contributed by atoms with Crippen molar-refractivity contribution >= 4 is 12.0 Å². The SMILES string of the molecule is CCCCCOc1ccc(/C=C/C(=O)N2CCCCCC2)cc1OC. The highest BCUT2D eigenvalue weighted by atomic mass is 16.5. The average molecular weight is 345 g/mol. The van der Waals surface area contributed by atoms with Gasteiger partial charge in [-0.25, -0.2) is 0 Å². The topological polar surface area (TPSA) is 38.8 Å². The van der Waals surface area contributed by atoms with Crippen molar-refractivity contribution in [3.63, 3.8) is 0 Å². The number of carbonyl (C=O) groups excluding carboxylic acids is 1. The van der Waals surface area contributed by atoms with Gasteiger partial charge in [0.15, 0.2) is 11.5 Å². The van der Waals surface area contributed by atoms with E-state index >= 15 is 0 Å². The molecule has 1 aromatic carbocycles. The molecule has 1 saturated heterocycles. The quantitative estimate of drug-likeness (QED) is 0.507. The molecule has 0 N–H and O–H groups in total. The molecule has 0 aromatic heterocycles. The van der Waals surface area contributed by atoms with Gasteiger partial charge in [0.25, 0.3) is 0 Å². The Balaban J connectivity index is 1.95.